The Labute approximate surface area is 193 Å². The van der Waals surface area contributed by atoms with Crippen LogP contribution in [0, 0.1) is 5.92 Å². The monoisotopic (exact) mass is 469 g/mol. The molecule has 3 amide bonds. The molecule has 33 heavy (non-hydrogen) atoms. The molecule has 2 saturated heterocycles. The van der Waals surface area contributed by atoms with Crippen LogP contribution in [0.1, 0.15) is 32.3 Å². The maximum Gasteiger partial charge on any atom is 0.418 e. The van der Waals surface area contributed by atoms with Crippen LogP contribution >= 0.6 is 0 Å². The van der Waals surface area contributed by atoms with E-state index in [9.17, 15) is 22.8 Å². The van der Waals surface area contributed by atoms with Crippen LogP contribution in [0.5, 0.6) is 0 Å². The molecule has 0 atom stereocenters. The normalized spacial score (nSPS) is 19.0. The number of anilines is 1. The van der Waals surface area contributed by atoms with Crippen molar-refractivity contribution in [1.29, 1.82) is 0 Å². The number of carbonyl (C=O) groups excluding carboxylic acids is 2. The molecule has 184 valence electrons. The van der Waals surface area contributed by atoms with Crippen molar-refractivity contribution in [2.45, 2.75) is 38.9 Å². The first-order chi connectivity index (χ1) is 15.6. The van der Waals surface area contributed by atoms with Crippen molar-refractivity contribution in [3.63, 3.8) is 0 Å². The minimum absolute atomic E-state index is 0.0179. The molecule has 2 aliphatic heterocycles. The van der Waals surface area contributed by atoms with Crippen molar-refractivity contribution in [2.24, 2.45) is 5.92 Å². The van der Waals surface area contributed by atoms with Crippen LogP contribution < -0.4 is 10.6 Å². The summed E-state index contributed by atoms with van der Waals surface area (Å²) in [6.07, 6.45) is -2.65. The number of piperidine rings is 1. The fourth-order valence-corrected chi connectivity index (χ4v) is 4.38. The number of urea groups is 1. The van der Waals surface area contributed by atoms with Crippen molar-refractivity contribution in [3.05, 3.63) is 29.8 Å². The number of benzene rings is 1. The summed E-state index contributed by atoms with van der Waals surface area (Å²) in [5.41, 5.74) is -1.11. The van der Waals surface area contributed by atoms with Gasteiger partial charge in [0.05, 0.1) is 17.8 Å². The third-order valence-electron chi connectivity index (χ3n) is 6.07. The highest BCUT2D eigenvalue weighted by Crippen LogP contribution is 2.34. The molecule has 1 aromatic rings. The van der Waals surface area contributed by atoms with Gasteiger partial charge in [0.15, 0.2) is 0 Å². The Morgan fingerprint density at radius 2 is 1.64 bits per heavy atom. The molecular formula is C23H34F3N5O2. The summed E-state index contributed by atoms with van der Waals surface area (Å²) < 4.78 is 39.3. The average molecular weight is 470 g/mol. The second-order valence-corrected chi connectivity index (χ2v) is 9.27. The highest BCUT2D eigenvalue weighted by atomic mass is 19.4. The fourth-order valence-electron chi connectivity index (χ4n) is 4.38. The number of nitrogens with zero attached hydrogens (tertiary/aromatic N) is 3. The lowest BCUT2D eigenvalue weighted by atomic mass is 10.0. The fraction of sp³-hybridized carbons (Fsp3) is 0.652. The van der Waals surface area contributed by atoms with Crippen molar-refractivity contribution < 1.29 is 22.8 Å². The molecule has 0 aliphatic carbocycles. The van der Waals surface area contributed by atoms with E-state index in [-0.39, 0.29) is 24.3 Å². The van der Waals surface area contributed by atoms with Crippen molar-refractivity contribution in [1.82, 2.24) is 20.0 Å². The van der Waals surface area contributed by atoms with E-state index in [2.05, 4.69) is 29.4 Å². The average Bonchev–Trinajstić information content (AvgIpc) is 2.75. The van der Waals surface area contributed by atoms with E-state index in [1.807, 2.05) is 4.90 Å². The van der Waals surface area contributed by atoms with Gasteiger partial charge in [0.1, 0.15) is 0 Å². The third kappa shape index (κ3) is 7.60. The number of likely N-dealkylation sites (tertiary alicyclic amines) is 1. The van der Waals surface area contributed by atoms with E-state index in [1.165, 1.54) is 18.2 Å². The number of halogens is 3. The van der Waals surface area contributed by atoms with Crippen LogP contribution in [0.15, 0.2) is 24.3 Å². The molecule has 2 aliphatic rings. The maximum atomic E-state index is 13.1. The van der Waals surface area contributed by atoms with Crippen LogP contribution in [0.3, 0.4) is 0 Å². The number of rotatable bonds is 6. The number of carbonyl (C=O) groups is 2. The first-order valence-electron chi connectivity index (χ1n) is 11.6. The summed E-state index contributed by atoms with van der Waals surface area (Å²) in [5.74, 6) is 0.131. The molecule has 7 nitrogen and oxygen atoms in total. The van der Waals surface area contributed by atoms with Crippen LogP contribution in [0.4, 0.5) is 23.7 Å². The summed E-state index contributed by atoms with van der Waals surface area (Å²) in [7, 11) is 0. The van der Waals surface area contributed by atoms with Crippen molar-refractivity contribution >= 4 is 17.6 Å². The molecule has 0 radical (unpaired) electrons. The van der Waals surface area contributed by atoms with Crippen LogP contribution in [-0.4, -0.2) is 85.0 Å². The molecule has 2 heterocycles. The Kier molecular flexibility index (Phi) is 8.58. The zero-order valence-electron chi connectivity index (χ0n) is 19.3. The topological polar surface area (TPSA) is 67.9 Å². The van der Waals surface area contributed by atoms with E-state index < -0.39 is 17.6 Å². The van der Waals surface area contributed by atoms with Gasteiger partial charge in [-0.2, -0.15) is 13.2 Å². The molecule has 0 spiro atoms. The first kappa shape index (κ1) is 25.3. The van der Waals surface area contributed by atoms with Gasteiger partial charge >= 0.3 is 12.2 Å². The van der Waals surface area contributed by atoms with Gasteiger partial charge < -0.3 is 20.4 Å². The van der Waals surface area contributed by atoms with E-state index >= 15 is 0 Å². The largest absolute Gasteiger partial charge is 0.418 e. The van der Waals surface area contributed by atoms with Crippen LogP contribution in [0.25, 0.3) is 0 Å². The lowest BCUT2D eigenvalue weighted by molar-refractivity contribution is -0.137. The van der Waals surface area contributed by atoms with Gasteiger partial charge in [-0.05, 0) is 30.9 Å². The summed E-state index contributed by atoms with van der Waals surface area (Å²) in [5, 5.41) is 5.50. The van der Waals surface area contributed by atoms with E-state index in [0.717, 1.165) is 38.5 Å². The minimum Gasteiger partial charge on any atom is -0.335 e. The predicted octanol–water partition coefficient (Wildman–Crippen LogP) is 3.09. The molecule has 10 heteroatoms. The Morgan fingerprint density at radius 3 is 2.24 bits per heavy atom. The molecular weight excluding hydrogens is 435 g/mol. The molecule has 0 bridgehead atoms. The zero-order valence-corrected chi connectivity index (χ0v) is 19.3. The molecule has 0 unspecified atom stereocenters. The third-order valence-corrected chi connectivity index (χ3v) is 6.07. The van der Waals surface area contributed by atoms with Crippen LogP contribution in [-0.2, 0) is 11.0 Å². The standard InChI is InChI=1S/C23H34F3N5O2/c1-17(2)15-29-9-7-18(8-10-29)27-22(33)31-13-11-30(12-14-31)16-21(32)28-20-6-4-3-5-19(20)23(24,25)26/h3-6,17-18H,7-16H2,1-2H3,(H,27,33)(H,28,32). The molecule has 2 fully saturated rings. The van der Waals surface area contributed by atoms with Gasteiger partial charge in [-0.3, -0.25) is 9.69 Å². The van der Waals surface area contributed by atoms with Gasteiger partial charge in [-0.15, -0.1) is 0 Å². The Hall–Kier alpha value is -2.33. The van der Waals surface area contributed by atoms with Gasteiger partial charge in [0.2, 0.25) is 5.91 Å². The van der Waals surface area contributed by atoms with E-state index in [0.29, 0.717) is 32.1 Å². The van der Waals surface area contributed by atoms with Crippen molar-refractivity contribution in [2.75, 3.05) is 57.7 Å². The lowest BCUT2D eigenvalue weighted by Crippen LogP contribution is -2.55. The minimum atomic E-state index is -4.53. The summed E-state index contributed by atoms with van der Waals surface area (Å²) in [6, 6.07) is 5.03. The lowest BCUT2D eigenvalue weighted by Gasteiger charge is -2.37. The predicted molar refractivity (Wildman–Crippen MR) is 121 cm³/mol. The molecule has 2 N–H and O–H groups in total. The highest BCUT2D eigenvalue weighted by molar-refractivity contribution is 5.93. The second-order valence-electron chi connectivity index (χ2n) is 9.27. The second kappa shape index (κ2) is 11.2. The number of para-hydroxylation sites is 1. The number of hydrogen-bond donors (Lipinski definition) is 2. The quantitative estimate of drug-likeness (QED) is 0.672. The Bertz CT molecular complexity index is 802. The zero-order chi connectivity index (χ0) is 24.0. The summed E-state index contributed by atoms with van der Waals surface area (Å²) in [4.78, 5) is 31.0. The van der Waals surface area contributed by atoms with Gasteiger partial charge in [0, 0.05) is 51.9 Å². The number of nitrogens with one attached hydrogen (secondary N) is 2. The number of alkyl halides is 3. The Morgan fingerprint density at radius 1 is 1.00 bits per heavy atom. The smallest absolute Gasteiger partial charge is 0.335 e. The highest BCUT2D eigenvalue weighted by Gasteiger charge is 2.34. The maximum absolute atomic E-state index is 13.1. The number of hydrogen-bond acceptors (Lipinski definition) is 4. The van der Waals surface area contributed by atoms with E-state index in [1.54, 1.807) is 4.90 Å². The number of amides is 3. The van der Waals surface area contributed by atoms with Crippen molar-refractivity contribution in [3.8, 4) is 0 Å². The van der Waals surface area contributed by atoms with E-state index in [4.69, 9.17) is 0 Å². The SMILES string of the molecule is CC(C)CN1CCC(NC(=O)N2CCN(CC(=O)Nc3ccccc3C(F)(F)F)CC2)CC1. The van der Waals surface area contributed by atoms with Gasteiger partial charge in [-0.25, -0.2) is 4.79 Å². The first-order valence-corrected chi connectivity index (χ1v) is 11.6. The van der Waals surface area contributed by atoms with Gasteiger partial charge in [-0.1, -0.05) is 26.0 Å². The molecule has 1 aromatic carbocycles. The molecule has 3 rings (SSSR count). The summed E-state index contributed by atoms with van der Waals surface area (Å²) in [6.45, 7) is 9.40. The molecule has 0 saturated carbocycles. The van der Waals surface area contributed by atoms with Gasteiger partial charge in [0.25, 0.3) is 0 Å². The van der Waals surface area contributed by atoms with Crippen LogP contribution in [0.2, 0.25) is 0 Å². The summed E-state index contributed by atoms with van der Waals surface area (Å²) >= 11 is 0. The Balaban J connectivity index is 1.40. The number of piperazine rings is 1. The molecule has 0 aromatic heterocycles.